The molecule has 0 aliphatic heterocycles. The van der Waals surface area contributed by atoms with E-state index in [2.05, 4.69) is 5.32 Å². The summed E-state index contributed by atoms with van der Waals surface area (Å²) in [5.41, 5.74) is 15.4. The first-order valence-electron chi connectivity index (χ1n) is 8.83. The summed E-state index contributed by atoms with van der Waals surface area (Å²) in [7, 11) is 0. The van der Waals surface area contributed by atoms with Gasteiger partial charge in [-0.3, -0.25) is 9.59 Å². The van der Waals surface area contributed by atoms with Crippen LogP contribution >= 0.6 is 23.2 Å². The number of anilines is 3. The fourth-order valence-electron chi connectivity index (χ4n) is 2.96. The monoisotopic (exact) mass is 427 g/mol. The van der Waals surface area contributed by atoms with Crippen molar-refractivity contribution in [2.24, 2.45) is 0 Å². The molecule has 1 amide bonds. The Kier molecular flexibility index (Phi) is 6.42. The maximum atomic E-state index is 12.6. The summed E-state index contributed by atoms with van der Waals surface area (Å²) >= 11 is 12.3. The van der Waals surface area contributed by atoms with Crippen molar-refractivity contribution in [3.8, 4) is 11.1 Å². The van der Waals surface area contributed by atoms with Gasteiger partial charge in [0, 0.05) is 22.8 Å². The van der Waals surface area contributed by atoms with Crippen molar-refractivity contribution in [3.63, 3.8) is 0 Å². The van der Waals surface area contributed by atoms with Gasteiger partial charge < -0.3 is 16.8 Å². The maximum absolute atomic E-state index is 12.6. The first-order chi connectivity index (χ1) is 13.8. The number of benzene rings is 3. The van der Waals surface area contributed by atoms with Crippen LogP contribution in [0.1, 0.15) is 12.0 Å². The lowest BCUT2D eigenvalue weighted by Crippen LogP contribution is -2.18. The summed E-state index contributed by atoms with van der Waals surface area (Å²) in [6.07, 6.45) is -0.314. The predicted molar refractivity (Wildman–Crippen MR) is 119 cm³/mol. The van der Waals surface area contributed by atoms with Crippen LogP contribution in [-0.4, -0.2) is 11.7 Å². The molecule has 0 saturated heterocycles. The highest BCUT2D eigenvalue weighted by Crippen LogP contribution is 2.34. The molecule has 0 radical (unpaired) electrons. The van der Waals surface area contributed by atoms with Gasteiger partial charge in [0.15, 0.2) is 0 Å². The summed E-state index contributed by atoms with van der Waals surface area (Å²) in [5, 5.41) is 3.46. The van der Waals surface area contributed by atoms with E-state index in [9.17, 15) is 9.59 Å². The van der Waals surface area contributed by atoms with E-state index in [0.29, 0.717) is 32.7 Å². The first kappa shape index (κ1) is 20.7. The number of rotatable bonds is 6. The van der Waals surface area contributed by atoms with Gasteiger partial charge in [-0.05, 0) is 53.1 Å². The molecule has 29 heavy (non-hydrogen) atoms. The van der Waals surface area contributed by atoms with Crippen LogP contribution in [0.15, 0.2) is 60.7 Å². The van der Waals surface area contributed by atoms with Gasteiger partial charge in [0.1, 0.15) is 5.78 Å². The van der Waals surface area contributed by atoms with Crippen LogP contribution in [0.3, 0.4) is 0 Å². The SMILES string of the molecule is Nc1ccc(-c2ccc(N)c(Cl)c2CC(=O)CC(=O)Nc2cccc(Cl)c2)cc1. The Morgan fingerprint density at radius 3 is 2.34 bits per heavy atom. The van der Waals surface area contributed by atoms with Gasteiger partial charge >= 0.3 is 0 Å². The molecule has 0 fully saturated rings. The number of nitrogen functional groups attached to an aromatic ring is 2. The molecule has 0 unspecified atom stereocenters. The number of hydrogen-bond donors (Lipinski definition) is 3. The van der Waals surface area contributed by atoms with E-state index >= 15 is 0 Å². The van der Waals surface area contributed by atoms with Crippen LogP contribution in [0.4, 0.5) is 17.1 Å². The van der Waals surface area contributed by atoms with Crippen molar-refractivity contribution in [1.82, 2.24) is 0 Å². The van der Waals surface area contributed by atoms with Crippen LogP contribution < -0.4 is 16.8 Å². The molecule has 148 valence electrons. The molecule has 0 aliphatic rings. The van der Waals surface area contributed by atoms with Gasteiger partial charge in [-0.2, -0.15) is 0 Å². The Labute approximate surface area is 178 Å². The van der Waals surface area contributed by atoms with Gasteiger partial charge in [-0.25, -0.2) is 0 Å². The number of nitrogens with one attached hydrogen (secondary N) is 1. The molecular formula is C22H19Cl2N3O2. The standard InChI is InChI=1S/C22H19Cl2N3O2/c23-14-2-1-3-16(10-14)27-21(29)12-17(28)11-19-18(8-9-20(26)22(19)24)13-4-6-15(25)7-5-13/h1-10H,11-12,25-26H2,(H,27,29). The molecule has 0 atom stereocenters. The van der Waals surface area contributed by atoms with E-state index in [1.165, 1.54) is 0 Å². The number of nitrogens with two attached hydrogens (primary N) is 2. The van der Waals surface area contributed by atoms with Crippen molar-refractivity contribution >= 4 is 52.0 Å². The van der Waals surface area contributed by atoms with E-state index in [1.54, 1.807) is 48.5 Å². The van der Waals surface area contributed by atoms with Gasteiger partial charge in [-0.15, -0.1) is 0 Å². The normalized spacial score (nSPS) is 10.6. The van der Waals surface area contributed by atoms with E-state index in [4.69, 9.17) is 34.7 Å². The zero-order valence-corrected chi connectivity index (χ0v) is 16.9. The second kappa shape index (κ2) is 8.99. The lowest BCUT2D eigenvalue weighted by Gasteiger charge is -2.14. The van der Waals surface area contributed by atoms with E-state index in [1.807, 2.05) is 12.1 Å². The van der Waals surface area contributed by atoms with Gasteiger partial charge in [-0.1, -0.05) is 47.5 Å². The number of hydrogen-bond acceptors (Lipinski definition) is 4. The summed E-state index contributed by atoms with van der Waals surface area (Å²) in [5.74, 6) is -0.708. The Morgan fingerprint density at radius 1 is 0.931 bits per heavy atom. The predicted octanol–water partition coefficient (Wildman–Crippen LogP) is 4.97. The Hall–Kier alpha value is -3.02. The molecule has 3 rings (SSSR count). The number of Topliss-reactive ketones (excluding diaryl/α,β-unsaturated/α-hetero) is 1. The largest absolute Gasteiger partial charge is 0.399 e. The van der Waals surface area contributed by atoms with Crippen LogP contribution in [0, 0.1) is 0 Å². The fourth-order valence-corrected chi connectivity index (χ4v) is 3.38. The fraction of sp³-hybridized carbons (Fsp3) is 0.0909. The summed E-state index contributed by atoms with van der Waals surface area (Å²) in [6, 6.07) is 17.4. The number of carbonyl (C=O) groups excluding carboxylic acids is 2. The molecule has 0 aromatic heterocycles. The van der Waals surface area contributed by atoms with Crippen molar-refractivity contribution < 1.29 is 9.59 Å². The minimum Gasteiger partial charge on any atom is -0.399 e. The van der Waals surface area contributed by atoms with Crippen LogP contribution in [-0.2, 0) is 16.0 Å². The molecule has 3 aromatic carbocycles. The number of ketones is 1. The van der Waals surface area contributed by atoms with E-state index in [0.717, 1.165) is 11.1 Å². The Balaban J connectivity index is 1.78. The van der Waals surface area contributed by atoms with Gasteiger partial charge in [0.2, 0.25) is 5.91 Å². The topological polar surface area (TPSA) is 98.2 Å². The van der Waals surface area contributed by atoms with Crippen molar-refractivity contribution in [1.29, 1.82) is 0 Å². The first-order valence-corrected chi connectivity index (χ1v) is 9.59. The maximum Gasteiger partial charge on any atom is 0.231 e. The second-order valence-electron chi connectivity index (χ2n) is 6.57. The number of carbonyl (C=O) groups is 2. The van der Waals surface area contributed by atoms with Crippen molar-refractivity contribution in [2.45, 2.75) is 12.8 Å². The van der Waals surface area contributed by atoms with Crippen LogP contribution in [0.5, 0.6) is 0 Å². The summed E-state index contributed by atoms with van der Waals surface area (Å²) < 4.78 is 0. The van der Waals surface area contributed by atoms with E-state index < -0.39 is 5.91 Å². The summed E-state index contributed by atoms with van der Waals surface area (Å²) in [4.78, 5) is 24.8. The Bertz CT molecular complexity index is 1070. The van der Waals surface area contributed by atoms with Crippen LogP contribution in [0.2, 0.25) is 10.0 Å². The number of halogens is 2. The zero-order chi connectivity index (χ0) is 21.0. The molecule has 0 heterocycles. The average Bonchev–Trinajstić information content (AvgIpc) is 2.66. The molecule has 0 saturated carbocycles. The van der Waals surface area contributed by atoms with Crippen molar-refractivity contribution in [2.75, 3.05) is 16.8 Å². The average molecular weight is 428 g/mol. The third-order valence-corrected chi connectivity index (χ3v) is 5.02. The molecular weight excluding hydrogens is 409 g/mol. The Morgan fingerprint density at radius 2 is 1.66 bits per heavy atom. The smallest absolute Gasteiger partial charge is 0.231 e. The molecule has 0 aliphatic carbocycles. The highest BCUT2D eigenvalue weighted by atomic mass is 35.5. The third-order valence-electron chi connectivity index (χ3n) is 4.33. The molecule has 5 N–H and O–H groups in total. The molecule has 5 nitrogen and oxygen atoms in total. The van der Waals surface area contributed by atoms with E-state index in [-0.39, 0.29) is 18.6 Å². The summed E-state index contributed by atoms with van der Waals surface area (Å²) in [6.45, 7) is 0. The minimum absolute atomic E-state index is 0.0213. The quantitative estimate of drug-likeness (QED) is 0.382. The molecule has 0 bridgehead atoms. The second-order valence-corrected chi connectivity index (χ2v) is 7.38. The highest BCUT2D eigenvalue weighted by molar-refractivity contribution is 6.34. The lowest BCUT2D eigenvalue weighted by atomic mass is 9.94. The molecule has 3 aromatic rings. The molecule has 0 spiro atoms. The van der Waals surface area contributed by atoms with Gasteiger partial charge in [0.05, 0.1) is 17.1 Å². The number of amides is 1. The highest BCUT2D eigenvalue weighted by Gasteiger charge is 2.18. The lowest BCUT2D eigenvalue weighted by molar-refractivity contribution is -0.125. The van der Waals surface area contributed by atoms with Crippen LogP contribution in [0.25, 0.3) is 11.1 Å². The minimum atomic E-state index is -0.425. The molecule has 7 heteroatoms. The van der Waals surface area contributed by atoms with Crippen molar-refractivity contribution in [3.05, 3.63) is 76.3 Å². The van der Waals surface area contributed by atoms with Gasteiger partial charge in [0.25, 0.3) is 0 Å². The third kappa shape index (κ3) is 5.28. The zero-order valence-electron chi connectivity index (χ0n) is 15.4.